The maximum absolute atomic E-state index is 6.73. The van der Waals surface area contributed by atoms with Gasteiger partial charge < -0.3 is 10.1 Å². The van der Waals surface area contributed by atoms with Gasteiger partial charge in [-0.1, -0.05) is 117 Å². The largest absolute Gasteiger partial charge is 0.489 e. The highest BCUT2D eigenvalue weighted by atomic mass is 32.2. The molecule has 4 heteroatoms. The molecule has 1 spiro atoms. The predicted molar refractivity (Wildman–Crippen MR) is 200 cm³/mol. The van der Waals surface area contributed by atoms with Crippen molar-refractivity contribution in [2.24, 2.45) is 40.0 Å². The van der Waals surface area contributed by atoms with Crippen molar-refractivity contribution in [3.63, 3.8) is 0 Å². The molecule has 0 radical (unpaired) electrons. The van der Waals surface area contributed by atoms with Gasteiger partial charge in [-0.05, 0) is 66.4 Å². The molecule has 3 nitrogen and oxygen atoms in total. The van der Waals surface area contributed by atoms with Crippen LogP contribution in [-0.4, -0.2) is 29.3 Å². The van der Waals surface area contributed by atoms with E-state index in [2.05, 4.69) is 146 Å². The van der Waals surface area contributed by atoms with Crippen molar-refractivity contribution in [2.75, 3.05) is 0 Å². The van der Waals surface area contributed by atoms with Gasteiger partial charge in [-0.25, -0.2) is 0 Å². The van der Waals surface area contributed by atoms with Crippen LogP contribution in [0.15, 0.2) is 142 Å². The second-order valence-electron chi connectivity index (χ2n) is 16.4. The third kappa shape index (κ3) is 4.13. The molecule has 11 atom stereocenters. The zero-order valence-electron chi connectivity index (χ0n) is 28.3. The fourth-order valence-electron chi connectivity index (χ4n) is 11.2. The summed E-state index contributed by atoms with van der Waals surface area (Å²) in [6.45, 7) is 4.88. The first kappa shape index (κ1) is 29.0. The number of amidine groups is 1. The first-order valence-corrected chi connectivity index (χ1v) is 19.6. The molecule has 11 rings (SSSR count). The second-order valence-corrected chi connectivity index (χ2v) is 17.7. The van der Waals surface area contributed by atoms with Crippen LogP contribution in [0.1, 0.15) is 62.1 Å². The molecule has 3 heterocycles. The van der Waals surface area contributed by atoms with Gasteiger partial charge in [-0.2, -0.15) is 0 Å². The van der Waals surface area contributed by atoms with Crippen molar-refractivity contribution < 1.29 is 4.74 Å². The fraction of sp³-hybridized carbons (Fsp3) is 0.400. The van der Waals surface area contributed by atoms with Crippen LogP contribution in [0, 0.1) is 35.0 Å². The summed E-state index contributed by atoms with van der Waals surface area (Å²) in [7, 11) is 0. The van der Waals surface area contributed by atoms with Gasteiger partial charge in [-0.15, -0.1) is 11.8 Å². The SMILES string of the molecule is CC1(C)C2=CC=CCC2Sc2ccc(C3C=CC=CC3C3C4N=C(c5ccccc5)NC(C5C=C6OC7C8CCC=CC87C6=CC5)C43)cc21. The van der Waals surface area contributed by atoms with E-state index >= 15 is 0 Å². The standard InChI is InChI=1S/C45H44N2OS/c1-44(2)32-16-8-9-18-36(32)49-37-22-20-27(24-34(37)44)29-14-6-7-15-30(29)38-39-40(46-43(47-41(38)39)26-12-4-3-5-13-26)28-19-21-31-35(25-28)48-42-33-17-10-11-23-45(31,33)42/h3-9,11-16,20-25,28-30,33,36,38-42H,10,17-19H2,1-2H3,(H,46,47). The van der Waals surface area contributed by atoms with Crippen LogP contribution in [0.25, 0.3) is 0 Å². The molecule has 0 bridgehead atoms. The Labute approximate surface area is 294 Å². The Morgan fingerprint density at radius 2 is 1.86 bits per heavy atom. The molecule has 2 aromatic rings. The number of fused-ring (bicyclic) bond motifs is 5. The topological polar surface area (TPSA) is 33.6 Å². The van der Waals surface area contributed by atoms with Crippen LogP contribution < -0.4 is 5.32 Å². The van der Waals surface area contributed by atoms with Crippen LogP contribution >= 0.6 is 11.8 Å². The van der Waals surface area contributed by atoms with Crippen LogP contribution in [0.2, 0.25) is 0 Å². The molecule has 0 amide bonds. The fourth-order valence-corrected chi connectivity index (χ4v) is 12.8. The summed E-state index contributed by atoms with van der Waals surface area (Å²) in [5.74, 6) is 5.05. The summed E-state index contributed by atoms with van der Waals surface area (Å²) in [6.07, 6.45) is 31.5. The van der Waals surface area contributed by atoms with Gasteiger partial charge in [0.05, 0.1) is 11.5 Å². The van der Waals surface area contributed by atoms with Crippen molar-refractivity contribution in [3.05, 3.63) is 149 Å². The van der Waals surface area contributed by atoms with E-state index in [4.69, 9.17) is 9.73 Å². The molecular formula is C45H44N2OS. The van der Waals surface area contributed by atoms with Crippen molar-refractivity contribution in [1.82, 2.24) is 5.32 Å². The Hall–Kier alpha value is -3.76. The molecule has 49 heavy (non-hydrogen) atoms. The molecular weight excluding hydrogens is 617 g/mol. The number of allylic oxidation sites excluding steroid dienone is 10. The van der Waals surface area contributed by atoms with Crippen LogP contribution in [0.3, 0.4) is 0 Å². The van der Waals surface area contributed by atoms with Gasteiger partial charge in [0.2, 0.25) is 0 Å². The van der Waals surface area contributed by atoms with E-state index < -0.39 is 0 Å². The molecule has 3 fully saturated rings. The summed E-state index contributed by atoms with van der Waals surface area (Å²) in [5, 5.41) is 4.60. The Kier molecular flexibility index (Phi) is 6.15. The average molecular weight is 661 g/mol. The molecule has 3 aliphatic heterocycles. The maximum Gasteiger partial charge on any atom is 0.128 e. The van der Waals surface area contributed by atoms with E-state index in [-0.39, 0.29) is 10.8 Å². The highest BCUT2D eigenvalue weighted by Crippen LogP contribution is 2.72. The normalized spacial score (nSPS) is 40.8. The lowest BCUT2D eigenvalue weighted by Crippen LogP contribution is -2.46. The van der Waals surface area contributed by atoms with Crippen molar-refractivity contribution in [3.8, 4) is 0 Å². The number of nitrogens with one attached hydrogen (secondary N) is 1. The number of benzene rings is 2. The van der Waals surface area contributed by atoms with Crippen LogP contribution in [0.5, 0.6) is 0 Å². The molecule has 2 saturated carbocycles. The predicted octanol–water partition coefficient (Wildman–Crippen LogP) is 9.38. The van der Waals surface area contributed by atoms with Crippen molar-refractivity contribution >= 4 is 17.6 Å². The summed E-state index contributed by atoms with van der Waals surface area (Å²) in [6, 6.07) is 18.9. The minimum Gasteiger partial charge on any atom is -0.489 e. The van der Waals surface area contributed by atoms with Crippen molar-refractivity contribution in [1.29, 1.82) is 0 Å². The van der Waals surface area contributed by atoms with Gasteiger partial charge in [-0.3, -0.25) is 4.99 Å². The van der Waals surface area contributed by atoms with E-state index in [9.17, 15) is 0 Å². The molecule has 9 aliphatic rings. The Morgan fingerprint density at radius 3 is 2.78 bits per heavy atom. The maximum atomic E-state index is 6.73. The second kappa shape index (κ2) is 10.4. The van der Waals surface area contributed by atoms with Crippen LogP contribution in [0.4, 0.5) is 0 Å². The van der Waals surface area contributed by atoms with E-state index in [1.54, 1.807) is 5.57 Å². The number of thioether (sulfide) groups is 1. The molecule has 246 valence electrons. The first-order valence-electron chi connectivity index (χ1n) is 18.7. The molecule has 6 aliphatic carbocycles. The lowest BCUT2D eigenvalue weighted by atomic mass is 9.72. The van der Waals surface area contributed by atoms with Gasteiger partial charge in [0.15, 0.2) is 0 Å². The summed E-state index contributed by atoms with van der Waals surface area (Å²) < 4.78 is 6.73. The van der Waals surface area contributed by atoms with Gasteiger partial charge in [0.1, 0.15) is 17.7 Å². The number of aliphatic imine (C=N–C) groups is 1. The third-order valence-electron chi connectivity index (χ3n) is 13.7. The Bertz CT molecular complexity index is 2010. The van der Waals surface area contributed by atoms with Gasteiger partial charge in [0.25, 0.3) is 0 Å². The number of rotatable bonds is 4. The number of hydrogen-bond acceptors (Lipinski definition) is 4. The minimum atomic E-state index is 0.0317. The third-order valence-corrected chi connectivity index (χ3v) is 15.0. The summed E-state index contributed by atoms with van der Waals surface area (Å²) in [4.78, 5) is 6.94. The molecule has 1 N–H and O–H groups in total. The number of ether oxygens (including phenoxy) is 1. The van der Waals surface area contributed by atoms with Crippen molar-refractivity contribution in [2.45, 2.75) is 79.2 Å². The summed E-state index contributed by atoms with van der Waals surface area (Å²) in [5.41, 5.74) is 7.39. The highest BCUT2D eigenvalue weighted by Gasteiger charge is 2.72. The quantitative estimate of drug-likeness (QED) is 0.332. The van der Waals surface area contributed by atoms with Gasteiger partial charge >= 0.3 is 0 Å². The number of hydrogen-bond donors (Lipinski definition) is 1. The zero-order valence-corrected chi connectivity index (χ0v) is 29.2. The summed E-state index contributed by atoms with van der Waals surface area (Å²) >= 11 is 2.06. The van der Waals surface area contributed by atoms with E-state index in [0.717, 1.165) is 18.7 Å². The lowest BCUT2D eigenvalue weighted by molar-refractivity contribution is 0.198. The molecule has 2 aromatic carbocycles. The average Bonchev–Trinajstić information content (AvgIpc) is 4.01. The zero-order chi connectivity index (χ0) is 32.5. The Morgan fingerprint density at radius 1 is 0.959 bits per heavy atom. The van der Waals surface area contributed by atoms with E-state index in [1.165, 1.54) is 45.8 Å². The van der Waals surface area contributed by atoms with E-state index in [0.29, 0.717) is 58.9 Å². The van der Waals surface area contributed by atoms with Crippen LogP contribution in [-0.2, 0) is 10.2 Å². The number of nitrogens with zero attached hydrogens (tertiary/aromatic N) is 1. The highest BCUT2D eigenvalue weighted by molar-refractivity contribution is 8.00. The Balaban J connectivity index is 0.929. The minimum absolute atomic E-state index is 0.0317. The first-order chi connectivity index (χ1) is 24.0. The lowest BCUT2D eigenvalue weighted by Gasteiger charge is -2.41. The molecule has 1 saturated heterocycles. The van der Waals surface area contributed by atoms with E-state index in [1.807, 2.05) is 0 Å². The van der Waals surface area contributed by atoms with Gasteiger partial charge in [0, 0.05) is 56.4 Å². The smallest absolute Gasteiger partial charge is 0.128 e. The molecule has 11 unspecified atom stereocenters. The monoisotopic (exact) mass is 660 g/mol. The molecule has 0 aromatic heterocycles.